The molecule has 10 heteroatoms. The number of benzene rings is 1. The van der Waals surface area contributed by atoms with Crippen LogP contribution in [0.4, 0.5) is 4.79 Å². The van der Waals surface area contributed by atoms with Crippen molar-refractivity contribution in [3.05, 3.63) is 60.7 Å². The lowest BCUT2D eigenvalue weighted by atomic mass is 9.55. The van der Waals surface area contributed by atoms with Crippen molar-refractivity contribution in [1.29, 1.82) is 0 Å². The molecule has 1 heterocycles. The van der Waals surface area contributed by atoms with Crippen LogP contribution in [0.15, 0.2) is 60.3 Å². The molecule has 0 bridgehead atoms. The number of aliphatic hydroxyl groups excluding tert-OH is 2. The zero-order valence-corrected chi connectivity index (χ0v) is 33.4. The topological polar surface area (TPSA) is 119 Å². The smallest absolute Gasteiger partial charge is 0.410 e. The quantitative estimate of drug-likeness (QED) is 0.0824. The molecule has 53 heavy (non-hydrogen) atoms. The second-order valence-corrected chi connectivity index (χ2v) is 16.9. The third kappa shape index (κ3) is 10.5. The first-order chi connectivity index (χ1) is 25.2. The van der Waals surface area contributed by atoms with Crippen LogP contribution >= 0.6 is 0 Å². The van der Waals surface area contributed by atoms with Gasteiger partial charge in [-0.15, -0.1) is 6.58 Å². The highest BCUT2D eigenvalue weighted by atomic mass is 16.7. The first kappa shape index (κ1) is 42.4. The summed E-state index contributed by atoms with van der Waals surface area (Å²) in [6.45, 7) is 23.4. The van der Waals surface area contributed by atoms with Crippen molar-refractivity contribution in [1.82, 2.24) is 4.90 Å². The van der Waals surface area contributed by atoms with Crippen LogP contribution in [0.5, 0.6) is 11.5 Å². The number of carbonyl (C=O) groups is 1. The summed E-state index contributed by atoms with van der Waals surface area (Å²) in [5.74, 6) is -0.210. The number of nitrogens with zero attached hydrogens (tertiary/aromatic N) is 2. The van der Waals surface area contributed by atoms with Crippen molar-refractivity contribution in [2.24, 2.45) is 28.3 Å². The average Bonchev–Trinajstić information content (AvgIpc) is 3.11. The summed E-state index contributed by atoms with van der Waals surface area (Å²) in [5.41, 5.74) is 1.98. The van der Waals surface area contributed by atoms with Gasteiger partial charge in [-0.2, -0.15) is 0 Å². The molecule has 0 radical (unpaired) electrons. The Kier molecular flexibility index (Phi) is 15.0. The second kappa shape index (κ2) is 18.8. The summed E-state index contributed by atoms with van der Waals surface area (Å²) in [7, 11) is 0. The summed E-state index contributed by atoms with van der Waals surface area (Å²) in [5, 5.41) is 24.5. The first-order valence-electron chi connectivity index (χ1n) is 19.7. The summed E-state index contributed by atoms with van der Waals surface area (Å²) in [6, 6.07) is 5.32. The minimum Gasteiger partial charge on any atom is -0.490 e. The van der Waals surface area contributed by atoms with Gasteiger partial charge in [0.05, 0.1) is 24.8 Å². The van der Waals surface area contributed by atoms with Gasteiger partial charge in [0.2, 0.25) is 5.79 Å². The maximum atomic E-state index is 14.3. The van der Waals surface area contributed by atoms with Gasteiger partial charge >= 0.3 is 6.09 Å². The number of allylic oxidation sites excluding steroid dienone is 1. The van der Waals surface area contributed by atoms with E-state index >= 15 is 0 Å². The molecule has 2 N–H and O–H groups in total. The van der Waals surface area contributed by atoms with E-state index in [9.17, 15) is 15.0 Å². The molecule has 1 aromatic rings. The molecule has 3 aliphatic rings. The molecule has 1 aromatic carbocycles. The maximum Gasteiger partial charge on any atom is 0.410 e. The van der Waals surface area contributed by atoms with Gasteiger partial charge in [-0.1, -0.05) is 70.5 Å². The fourth-order valence-corrected chi connectivity index (χ4v) is 8.06. The van der Waals surface area contributed by atoms with E-state index in [-0.39, 0.29) is 49.6 Å². The number of rotatable bonds is 19. The summed E-state index contributed by atoms with van der Waals surface area (Å²) in [4.78, 5) is 22.3. The van der Waals surface area contributed by atoms with Gasteiger partial charge < -0.3 is 34.0 Å². The predicted octanol–water partition coefficient (Wildman–Crippen LogP) is 8.58. The molecule has 296 valence electrons. The molecule has 6 atom stereocenters. The number of unbranched alkanes of at least 4 members (excludes halogenated alkanes) is 2. The number of hydrogen-bond donors (Lipinski definition) is 2. The van der Waals surface area contributed by atoms with E-state index in [0.717, 1.165) is 42.5 Å². The number of carbonyl (C=O) groups excluding carboxylic acids is 1. The molecule has 1 fully saturated rings. The number of amides is 1. The van der Waals surface area contributed by atoms with Crippen LogP contribution in [0, 0.1) is 23.2 Å². The zero-order valence-electron chi connectivity index (χ0n) is 33.4. The lowest BCUT2D eigenvalue weighted by Crippen LogP contribution is -2.70. The van der Waals surface area contributed by atoms with Crippen molar-refractivity contribution in [3.63, 3.8) is 0 Å². The molecular formula is C43H66N2O8. The molecule has 0 aromatic heterocycles. The molecule has 1 saturated carbocycles. The number of fused-ring (bicyclic) bond motifs is 2. The van der Waals surface area contributed by atoms with Gasteiger partial charge in [0.15, 0.2) is 0 Å². The normalized spacial score (nSPS) is 25.7. The molecule has 0 unspecified atom stereocenters. The summed E-state index contributed by atoms with van der Waals surface area (Å²) in [6.07, 6.45) is 11.2. The second-order valence-electron chi connectivity index (χ2n) is 16.9. The molecule has 0 spiro atoms. The summed E-state index contributed by atoms with van der Waals surface area (Å²) < 4.78 is 26.4. The van der Waals surface area contributed by atoms with Gasteiger partial charge in [0, 0.05) is 37.7 Å². The van der Waals surface area contributed by atoms with Crippen LogP contribution in [-0.2, 0) is 14.3 Å². The van der Waals surface area contributed by atoms with Gasteiger partial charge in [-0.05, 0) is 93.9 Å². The van der Waals surface area contributed by atoms with Gasteiger partial charge in [-0.25, -0.2) is 4.79 Å². The minimum absolute atomic E-state index is 0.119. The van der Waals surface area contributed by atoms with Gasteiger partial charge in [0.25, 0.3) is 0 Å². The van der Waals surface area contributed by atoms with E-state index in [1.54, 1.807) is 17.1 Å². The maximum absolute atomic E-state index is 14.3. The number of ether oxygens (including phenoxy) is 4. The van der Waals surface area contributed by atoms with E-state index in [2.05, 4.69) is 25.3 Å². The fourth-order valence-electron chi connectivity index (χ4n) is 8.06. The summed E-state index contributed by atoms with van der Waals surface area (Å²) >= 11 is 0. The zero-order chi connectivity index (χ0) is 38.8. The van der Waals surface area contributed by atoms with Gasteiger partial charge in [0.1, 0.15) is 29.7 Å². The highest BCUT2D eigenvalue weighted by Gasteiger charge is 2.65. The largest absolute Gasteiger partial charge is 0.490 e. The Morgan fingerprint density at radius 2 is 1.74 bits per heavy atom. The third-order valence-electron chi connectivity index (χ3n) is 10.1. The number of oxime groups is 1. The molecule has 1 amide bonds. The molecule has 4 rings (SSSR count). The van der Waals surface area contributed by atoms with Crippen molar-refractivity contribution in [2.45, 2.75) is 123 Å². The minimum atomic E-state index is -1.33. The fraction of sp³-hybridized carbons (Fsp3) is 0.674. The van der Waals surface area contributed by atoms with Crippen LogP contribution in [0.1, 0.15) is 111 Å². The Morgan fingerprint density at radius 3 is 2.36 bits per heavy atom. The SMILES string of the molecule is C=CCOc1ccc2c(c1)[C@H]1[C@H](CCCCO)[C@@H](CCCCO)C=C3C(=NOC(C)(C)C)C[C@H](N(CCC)C(=O)OCC(C)(C)C)[C@@](OCC=C)(O2)[C@H]31. The van der Waals surface area contributed by atoms with Crippen LogP contribution < -0.4 is 9.47 Å². The van der Waals surface area contributed by atoms with Crippen molar-refractivity contribution < 1.29 is 38.8 Å². The molecule has 2 aliphatic carbocycles. The van der Waals surface area contributed by atoms with E-state index in [1.165, 1.54) is 0 Å². The van der Waals surface area contributed by atoms with Crippen molar-refractivity contribution >= 4 is 11.8 Å². The number of hydrogen-bond acceptors (Lipinski definition) is 9. The van der Waals surface area contributed by atoms with Crippen LogP contribution in [0.3, 0.4) is 0 Å². The molecule has 1 aliphatic heterocycles. The third-order valence-corrected chi connectivity index (χ3v) is 10.1. The van der Waals surface area contributed by atoms with E-state index in [1.807, 2.05) is 60.6 Å². The molecular weight excluding hydrogens is 672 g/mol. The molecule has 10 nitrogen and oxygen atoms in total. The highest BCUT2D eigenvalue weighted by molar-refractivity contribution is 6.03. The van der Waals surface area contributed by atoms with Crippen molar-refractivity contribution in [3.8, 4) is 11.5 Å². The lowest BCUT2D eigenvalue weighted by Gasteiger charge is -2.60. The highest BCUT2D eigenvalue weighted by Crippen LogP contribution is 2.62. The van der Waals surface area contributed by atoms with Crippen LogP contribution in [0.25, 0.3) is 0 Å². The van der Waals surface area contributed by atoms with Crippen LogP contribution in [0.2, 0.25) is 0 Å². The Bertz CT molecular complexity index is 1440. The average molecular weight is 739 g/mol. The Hall–Kier alpha value is -3.34. The Balaban J connectivity index is 2.05. The lowest BCUT2D eigenvalue weighted by molar-refractivity contribution is -0.255. The van der Waals surface area contributed by atoms with E-state index in [0.29, 0.717) is 50.3 Å². The predicted molar refractivity (Wildman–Crippen MR) is 209 cm³/mol. The number of aliphatic hydroxyl groups is 2. The van der Waals surface area contributed by atoms with E-state index < -0.39 is 29.4 Å². The van der Waals surface area contributed by atoms with Crippen molar-refractivity contribution in [2.75, 3.05) is 39.6 Å². The molecule has 0 saturated heterocycles. The van der Waals surface area contributed by atoms with Gasteiger partial charge in [-0.3, -0.25) is 4.90 Å². The monoisotopic (exact) mass is 738 g/mol. The van der Waals surface area contributed by atoms with E-state index in [4.69, 9.17) is 28.9 Å². The Morgan fingerprint density at radius 1 is 1.04 bits per heavy atom. The Labute approximate surface area is 318 Å². The van der Waals surface area contributed by atoms with Crippen LogP contribution in [-0.4, -0.2) is 83.9 Å². The first-order valence-corrected chi connectivity index (χ1v) is 19.7. The standard InChI is InChI=1S/C43H66N2O8/c1-10-21-45(40(48)50-29-41(4,5)6)37-28-35(44-53-42(7,8)9)33-26-30(17-13-15-22-46)32(18-14-16-23-47)38-34-27-31(49-24-11-2)19-20-36(34)52-43(37,39(33)38)51-25-12-3/h11-12,19-20,26-27,30,32,37-39,46-47H,2-3,10,13-18,21-25,28-29H2,1,4-9H3/t30-,32+,37-,38+,39+,43+/m0/s1.